The highest BCUT2D eigenvalue weighted by molar-refractivity contribution is 7.90. The first-order valence-corrected chi connectivity index (χ1v) is 8.01. The summed E-state index contributed by atoms with van der Waals surface area (Å²) < 4.78 is 28.3. The summed E-state index contributed by atoms with van der Waals surface area (Å²) in [5.74, 6) is 0.607. The van der Waals surface area contributed by atoms with Crippen LogP contribution in [0.3, 0.4) is 0 Å². The molecule has 3 rings (SSSR count). The molecular formula is C13H17NO3S. The molecule has 0 unspecified atom stereocenters. The topological polar surface area (TPSA) is 55.4 Å². The fourth-order valence-electron chi connectivity index (χ4n) is 2.67. The van der Waals surface area contributed by atoms with Gasteiger partial charge in [-0.1, -0.05) is 12.1 Å². The van der Waals surface area contributed by atoms with Gasteiger partial charge in [0.15, 0.2) is 9.84 Å². The van der Waals surface area contributed by atoms with Crippen LogP contribution in [-0.2, 0) is 20.0 Å². The molecule has 2 heterocycles. The van der Waals surface area contributed by atoms with Gasteiger partial charge in [0.1, 0.15) is 0 Å². The number of hydrogen-bond donors (Lipinski definition) is 1. The van der Waals surface area contributed by atoms with E-state index < -0.39 is 9.84 Å². The number of rotatable bonds is 3. The second-order valence-electron chi connectivity index (χ2n) is 5.30. The van der Waals surface area contributed by atoms with Gasteiger partial charge in [0.2, 0.25) is 0 Å². The smallest absolute Gasteiger partial charge is 0.175 e. The van der Waals surface area contributed by atoms with Crippen molar-refractivity contribution in [2.45, 2.75) is 10.3 Å². The normalized spacial score (nSPS) is 23.2. The first-order chi connectivity index (χ1) is 8.52. The largest absolute Gasteiger partial charge is 0.379 e. The first kappa shape index (κ1) is 12.1. The second kappa shape index (κ2) is 4.05. The summed E-state index contributed by atoms with van der Waals surface area (Å²) in [7, 11) is -3.11. The van der Waals surface area contributed by atoms with Crippen molar-refractivity contribution in [2.24, 2.45) is 5.92 Å². The molecule has 0 saturated carbocycles. The molecule has 2 fully saturated rings. The van der Waals surface area contributed by atoms with Crippen molar-refractivity contribution < 1.29 is 13.2 Å². The Morgan fingerprint density at radius 2 is 1.83 bits per heavy atom. The maximum atomic E-state index is 11.4. The zero-order chi connectivity index (χ0) is 12.8. The van der Waals surface area contributed by atoms with Crippen LogP contribution < -0.4 is 5.32 Å². The van der Waals surface area contributed by atoms with E-state index in [1.54, 1.807) is 12.1 Å². The van der Waals surface area contributed by atoms with Crippen LogP contribution in [0, 0.1) is 5.92 Å². The molecule has 0 spiro atoms. The minimum atomic E-state index is -3.11. The maximum Gasteiger partial charge on any atom is 0.175 e. The summed E-state index contributed by atoms with van der Waals surface area (Å²) in [4.78, 5) is 0.383. The lowest BCUT2D eigenvalue weighted by molar-refractivity contribution is -0.101. The third kappa shape index (κ3) is 1.77. The van der Waals surface area contributed by atoms with Gasteiger partial charge in [-0.15, -0.1) is 0 Å². The Morgan fingerprint density at radius 3 is 2.17 bits per heavy atom. The molecule has 5 heteroatoms. The van der Waals surface area contributed by atoms with Gasteiger partial charge in [0.25, 0.3) is 0 Å². The van der Waals surface area contributed by atoms with Crippen LogP contribution in [0.5, 0.6) is 0 Å². The van der Waals surface area contributed by atoms with Crippen molar-refractivity contribution in [1.82, 2.24) is 5.32 Å². The summed E-state index contributed by atoms with van der Waals surface area (Å²) in [6.45, 7) is 3.55. The Balaban J connectivity index is 1.92. The monoisotopic (exact) mass is 267 g/mol. The number of ether oxygens (including phenoxy) is 1. The van der Waals surface area contributed by atoms with E-state index in [2.05, 4.69) is 5.32 Å². The lowest BCUT2D eigenvalue weighted by atomic mass is 9.66. The molecule has 2 saturated heterocycles. The van der Waals surface area contributed by atoms with E-state index in [9.17, 15) is 8.42 Å². The van der Waals surface area contributed by atoms with Gasteiger partial charge in [-0.05, 0) is 23.6 Å². The van der Waals surface area contributed by atoms with Crippen molar-refractivity contribution in [3.05, 3.63) is 29.8 Å². The number of benzene rings is 1. The molecule has 0 bridgehead atoms. The van der Waals surface area contributed by atoms with E-state index in [4.69, 9.17) is 4.74 Å². The minimum absolute atomic E-state index is 0.0985. The predicted octanol–water partition coefficient (Wildman–Crippen LogP) is 0.577. The minimum Gasteiger partial charge on any atom is -0.379 e. The van der Waals surface area contributed by atoms with Crippen molar-refractivity contribution in [1.29, 1.82) is 0 Å². The van der Waals surface area contributed by atoms with E-state index in [1.807, 2.05) is 12.1 Å². The fourth-order valence-corrected chi connectivity index (χ4v) is 3.30. The van der Waals surface area contributed by atoms with Crippen LogP contribution in [0.1, 0.15) is 5.56 Å². The Kier molecular flexibility index (Phi) is 2.73. The third-order valence-corrected chi connectivity index (χ3v) is 5.27. The van der Waals surface area contributed by atoms with E-state index in [1.165, 1.54) is 11.8 Å². The highest BCUT2D eigenvalue weighted by Crippen LogP contribution is 2.41. The first-order valence-electron chi connectivity index (χ1n) is 6.11. The molecule has 0 radical (unpaired) electrons. The SMILES string of the molecule is CS(=O)(=O)c1ccc(C2(C3CNC3)COC2)cc1. The molecule has 2 aliphatic heterocycles. The van der Waals surface area contributed by atoms with Crippen molar-refractivity contribution in [2.75, 3.05) is 32.6 Å². The molecule has 0 atom stereocenters. The summed E-state index contributed by atoms with van der Waals surface area (Å²) in [6.07, 6.45) is 1.24. The summed E-state index contributed by atoms with van der Waals surface area (Å²) in [6, 6.07) is 7.29. The molecular weight excluding hydrogens is 250 g/mol. The lowest BCUT2D eigenvalue weighted by Crippen LogP contribution is -2.62. The van der Waals surface area contributed by atoms with Gasteiger partial charge in [0, 0.05) is 24.8 Å². The molecule has 98 valence electrons. The van der Waals surface area contributed by atoms with Crippen LogP contribution in [0.2, 0.25) is 0 Å². The van der Waals surface area contributed by atoms with Gasteiger partial charge < -0.3 is 10.1 Å². The molecule has 18 heavy (non-hydrogen) atoms. The zero-order valence-corrected chi connectivity index (χ0v) is 11.2. The quantitative estimate of drug-likeness (QED) is 0.870. The summed E-state index contributed by atoms with van der Waals surface area (Å²) in [5, 5.41) is 3.29. The molecule has 4 nitrogen and oxygen atoms in total. The molecule has 0 amide bonds. The van der Waals surface area contributed by atoms with Crippen LogP contribution in [0.4, 0.5) is 0 Å². The van der Waals surface area contributed by atoms with Gasteiger partial charge in [-0.3, -0.25) is 0 Å². The van der Waals surface area contributed by atoms with Crippen LogP contribution >= 0.6 is 0 Å². The third-order valence-electron chi connectivity index (χ3n) is 4.14. The van der Waals surface area contributed by atoms with E-state index >= 15 is 0 Å². The number of sulfone groups is 1. The van der Waals surface area contributed by atoms with Crippen LogP contribution in [0.25, 0.3) is 0 Å². The highest BCUT2D eigenvalue weighted by Gasteiger charge is 2.49. The summed E-state index contributed by atoms with van der Waals surface area (Å²) in [5.41, 5.74) is 1.30. The Labute approximate surface area is 107 Å². The maximum absolute atomic E-state index is 11.4. The average molecular weight is 267 g/mol. The van der Waals surface area contributed by atoms with Gasteiger partial charge in [-0.25, -0.2) is 8.42 Å². The standard InChI is InChI=1S/C13H17NO3S/c1-18(15,16)12-4-2-10(3-5-12)13(8-17-9-13)11-6-14-7-11/h2-5,11,14H,6-9H2,1H3. The Hall–Kier alpha value is -0.910. The predicted molar refractivity (Wildman–Crippen MR) is 68.4 cm³/mol. The van der Waals surface area contributed by atoms with E-state index in [0.717, 1.165) is 26.3 Å². The van der Waals surface area contributed by atoms with Crippen molar-refractivity contribution in [3.63, 3.8) is 0 Å². The van der Waals surface area contributed by atoms with Crippen LogP contribution in [0.15, 0.2) is 29.2 Å². The van der Waals surface area contributed by atoms with Crippen molar-refractivity contribution >= 4 is 9.84 Å². The number of hydrogen-bond acceptors (Lipinski definition) is 4. The molecule has 1 aromatic rings. The van der Waals surface area contributed by atoms with E-state index in [-0.39, 0.29) is 5.41 Å². The average Bonchev–Trinajstić information content (AvgIpc) is 2.19. The Morgan fingerprint density at radius 1 is 1.22 bits per heavy atom. The van der Waals surface area contributed by atoms with Crippen LogP contribution in [-0.4, -0.2) is 41.0 Å². The highest BCUT2D eigenvalue weighted by atomic mass is 32.2. The van der Waals surface area contributed by atoms with Gasteiger partial charge >= 0.3 is 0 Å². The molecule has 2 aliphatic rings. The molecule has 1 N–H and O–H groups in total. The fraction of sp³-hybridized carbons (Fsp3) is 0.538. The number of nitrogens with one attached hydrogen (secondary N) is 1. The molecule has 0 aromatic heterocycles. The van der Waals surface area contributed by atoms with Crippen molar-refractivity contribution in [3.8, 4) is 0 Å². The lowest BCUT2D eigenvalue weighted by Gasteiger charge is -2.51. The van der Waals surface area contributed by atoms with Gasteiger partial charge in [0.05, 0.1) is 18.1 Å². The molecule has 0 aliphatic carbocycles. The second-order valence-corrected chi connectivity index (χ2v) is 7.32. The van der Waals surface area contributed by atoms with E-state index in [0.29, 0.717) is 10.8 Å². The van der Waals surface area contributed by atoms with Gasteiger partial charge in [-0.2, -0.15) is 0 Å². The zero-order valence-electron chi connectivity index (χ0n) is 10.3. The molecule has 1 aromatic carbocycles. The summed E-state index contributed by atoms with van der Waals surface area (Å²) >= 11 is 0. The Bertz CT molecular complexity index is 542.